The topological polar surface area (TPSA) is 90.1 Å². The number of fused-ring (bicyclic) bond motifs is 1. The summed E-state index contributed by atoms with van der Waals surface area (Å²) in [6.45, 7) is 7.99. The number of hydrogen-bond acceptors (Lipinski definition) is 3. The number of amides is 1. The molecule has 2 aromatic heterocycles. The summed E-state index contributed by atoms with van der Waals surface area (Å²) in [6.07, 6.45) is 2.44. The fourth-order valence-corrected chi connectivity index (χ4v) is 4.56. The first kappa shape index (κ1) is 22.4. The molecule has 4 rings (SSSR count). The van der Waals surface area contributed by atoms with E-state index in [1.807, 2.05) is 56.4 Å². The Labute approximate surface area is 193 Å². The predicted octanol–water partition coefficient (Wildman–Crippen LogP) is 4.89. The molecule has 170 valence electrons. The number of carbonyl (C=O) groups is 1. The lowest BCUT2D eigenvalue weighted by Crippen LogP contribution is -2.16. The molecule has 6 heteroatoms. The molecule has 0 unspecified atom stereocenters. The van der Waals surface area contributed by atoms with Crippen molar-refractivity contribution in [1.82, 2.24) is 9.55 Å². The van der Waals surface area contributed by atoms with Crippen LogP contribution >= 0.6 is 0 Å². The van der Waals surface area contributed by atoms with Crippen molar-refractivity contribution < 1.29 is 9.53 Å². The third-order valence-electron chi connectivity index (χ3n) is 6.11. The number of methoxy groups -OCH3 is 1. The summed E-state index contributed by atoms with van der Waals surface area (Å²) in [5, 5.41) is 0.786. The summed E-state index contributed by atoms with van der Waals surface area (Å²) in [5.41, 5.74) is 12.2. The number of H-pyrrole nitrogens is 1. The summed E-state index contributed by atoms with van der Waals surface area (Å²) < 4.78 is 7.68. The highest BCUT2D eigenvalue weighted by molar-refractivity contribution is 6.09. The Bertz CT molecular complexity index is 1430. The number of aromatic nitrogens is 2. The van der Waals surface area contributed by atoms with Crippen LogP contribution in [0.3, 0.4) is 0 Å². The molecule has 2 heterocycles. The lowest BCUT2D eigenvalue weighted by molar-refractivity contribution is 0.100. The standard InChI is InChI=1S/C27H29N3O3/c1-15(2)30-14-19(12-21-16(3)10-17(4)29-27(21)32)25-22(26(28)31)11-18(13-23(25)30)20-8-6-7-9-24(20)33-5/h6-11,13-15H,12H2,1-5H3,(H2,28,31)(H,29,32). The number of para-hydroxylation sites is 1. The fraction of sp³-hybridized carbons (Fsp3) is 0.259. The maximum Gasteiger partial charge on any atom is 0.251 e. The van der Waals surface area contributed by atoms with Crippen molar-refractivity contribution in [2.24, 2.45) is 5.73 Å². The van der Waals surface area contributed by atoms with E-state index < -0.39 is 5.91 Å². The second kappa shape index (κ2) is 8.62. The number of primary amides is 1. The fourth-order valence-electron chi connectivity index (χ4n) is 4.56. The Balaban J connectivity index is 2.01. The van der Waals surface area contributed by atoms with Crippen LogP contribution in [0.1, 0.15) is 52.6 Å². The largest absolute Gasteiger partial charge is 0.496 e. The van der Waals surface area contributed by atoms with Crippen molar-refractivity contribution in [3.05, 3.63) is 87.0 Å². The highest BCUT2D eigenvalue weighted by atomic mass is 16.5. The zero-order valence-corrected chi connectivity index (χ0v) is 19.7. The molecule has 6 nitrogen and oxygen atoms in total. The van der Waals surface area contributed by atoms with Crippen molar-refractivity contribution >= 4 is 16.8 Å². The van der Waals surface area contributed by atoms with Gasteiger partial charge in [-0.3, -0.25) is 9.59 Å². The number of nitrogens with zero attached hydrogens (tertiary/aromatic N) is 1. The molecule has 0 aliphatic carbocycles. The molecular formula is C27H29N3O3. The summed E-state index contributed by atoms with van der Waals surface area (Å²) in [7, 11) is 1.63. The molecule has 4 aromatic rings. The van der Waals surface area contributed by atoms with Gasteiger partial charge < -0.3 is 20.0 Å². The average molecular weight is 444 g/mol. The van der Waals surface area contributed by atoms with Crippen LogP contribution in [-0.2, 0) is 6.42 Å². The number of pyridine rings is 1. The first-order valence-electron chi connectivity index (χ1n) is 11.0. The Morgan fingerprint density at radius 2 is 1.88 bits per heavy atom. The molecule has 0 atom stereocenters. The van der Waals surface area contributed by atoms with Gasteiger partial charge in [0.1, 0.15) is 5.75 Å². The van der Waals surface area contributed by atoms with Gasteiger partial charge in [-0.25, -0.2) is 0 Å². The molecule has 0 aliphatic rings. The normalized spacial score (nSPS) is 11.3. The molecular weight excluding hydrogens is 414 g/mol. The van der Waals surface area contributed by atoms with Gasteiger partial charge in [0.2, 0.25) is 5.91 Å². The zero-order chi connectivity index (χ0) is 23.9. The minimum absolute atomic E-state index is 0.107. The summed E-state index contributed by atoms with van der Waals surface area (Å²) in [4.78, 5) is 28.2. The first-order chi connectivity index (χ1) is 15.7. The minimum atomic E-state index is -0.506. The van der Waals surface area contributed by atoms with Crippen LogP contribution in [0.5, 0.6) is 5.75 Å². The SMILES string of the molecule is COc1ccccc1-c1cc(C(N)=O)c2c(Cc3c(C)cc(C)[nH]c3=O)cn(C(C)C)c2c1. The molecule has 0 saturated heterocycles. The summed E-state index contributed by atoms with van der Waals surface area (Å²) in [5.74, 6) is 0.214. The van der Waals surface area contributed by atoms with Gasteiger partial charge in [0.05, 0.1) is 7.11 Å². The quantitative estimate of drug-likeness (QED) is 0.444. The number of benzene rings is 2. The van der Waals surface area contributed by atoms with Gasteiger partial charge in [0.15, 0.2) is 0 Å². The van der Waals surface area contributed by atoms with E-state index in [-0.39, 0.29) is 11.6 Å². The third-order valence-corrected chi connectivity index (χ3v) is 6.11. The maximum atomic E-state index is 12.7. The van der Waals surface area contributed by atoms with Gasteiger partial charge >= 0.3 is 0 Å². The number of ether oxygens (including phenoxy) is 1. The molecule has 0 radical (unpaired) electrons. The Kier molecular flexibility index (Phi) is 5.85. The lowest BCUT2D eigenvalue weighted by atomic mass is 9.95. The molecule has 3 N–H and O–H groups in total. The maximum absolute atomic E-state index is 12.7. The summed E-state index contributed by atoms with van der Waals surface area (Å²) in [6, 6.07) is 13.7. The van der Waals surface area contributed by atoms with Crippen LogP contribution in [0.15, 0.2) is 53.5 Å². The Morgan fingerprint density at radius 3 is 2.52 bits per heavy atom. The van der Waals surface area contributed by atoms with Crippen LogP contribution in [0, 0.1) is 13.8 Å². The Hall–Kier alpha value is -3.80. The second-order valence-electron chi connectivity index (χ2n) is 8.76. The van der Waals surface area contributed by atoms with E-state index in [2.05, 4.69) is 29.5 Å². The van der Waals surface area contributed by atoms with Crippen molar-refractivity contribution in [2.45, 2.75) is 40.2 Å². The molecule has 2 aromatic carbocycles. The number of hydrogen-bond donors (Lipinski definition) is 2. The van der Waals surface area contributed by atoms with Crippen LogP contribution in [0.25, 0.3) is 22.0 Å². The highest BCUT2D eigenvalue weighted by Crippen LogP contribution is 2.37. The van der Waals surface area contributed by atoms with Gasteiger partial charge in [-0.1, -0.05) is 18.2 Å². The van der Waals surface area contributed by atoms with Gasteiger partial charge in [-0.05, 0) is 68.7 Å². The summed E-state index contributed by atoms with van der Waals surface area (Å²) >= 11 is 0. The van der Waals surface area contributed by atoms with Crippen LogP contribution in [0.4, 0.5) is 0 Å². The van der Waals surface area contributed by atoms with E-state index in [4.69, 9.17) is 10.5 Å². The third kappa shape index (κ3) is 4.04. The van der Waals surface area contributed by atoms with E-state index in [0.717, 1.165) is 44.6 Å². The van der Waals surface area contributed by atoms with Crippen LogP contribution in [0.2, 0.25) is 0 Å². The van der Waals surface area contributed by atoms with Crippen LogP contribution < -0.4 is 16.0 Å². The molecule has 0 fully saturated rings. The molecule has 0 bridgehead atoms. The molecule has 0 aliphatic heterocycles. The van der Waals surface area contributed by atoms with Gasteiger partial charge in [0, 0.05) is 51.9 Å². The van der Waals surface area contributed by atoms with Crippen molar-refractivity contribution in [3.63, 3.8) is 0 Å². The van der Waals surface area contributed by atoms with Crippen molar-refractivity contribution in [3.8, 4) is 16.9 Å². The van der Waals surface area contributed by atoms with Gasteiger partial charge in [-0.2, -0.15) is 0 Å². The number of aryl methyl sites for hydroxylation is 2. The molecule has 0 saturated carbocycles. The zero-order valence-electron chi connectivity index (χ0n) is 19.7. The monoisotopic (exact) mass is 443 g/mol. The Morgan fingerprint density at radius 1 is 1.15 bits per heavy atom. The van der Waals surface area contributed by atoms with E-state index in [0.29, 0.717) is 17.5 Å². The lowest BCUT2D eigenvalue weighted by Gasteiger charge is -2.14. The van der Waals surface area contributed by atoms with Crippen molar-refractivity contribution in [1.29, 1.82) is 0 Å². The highest BCUT2D eigenvalue weighted by Gasteiger charge is 2.21. The molecule has 0 spiro atoms. The van der Waals surface area contributed by atoms with E-state index in [9.17, 15) is 9.59 Å². The van der Waals surface area contributed by atoms with Crippen molar-refractivity contribution in [2.75, 3.05) is 7.11 Å². The second-order valence-corrected chi connectivity index (χ2v) is 8.76. The average Bonchev–Trinajstić information content (AvgIpc) is 3.14. The first-order valence-corrected chi connectivity index (χ1v) is 11.0. The van der Waals surface area contributed by atoms with Gasteiger partial charge in [-0.15, -0.1) is 0 Å². The predicted molar refractivity (Wildman–Crippen MR) is 132 cm³/mol. The van der Waals surface area contributed by atoms with Crippen LogP contribution in [-0.4, -0.2) is 22.6 Å². The van der Waals surface area contributed by atoms with E-state index >= 15 is 0 Å². The molecule has 33 heavy (non-hydrogen) atoms. The van der Waals surface area contributed by atoms with E-state index in [1.165, 1.54) is 0 Å². The molecule has 1 amide bonds. The number of aromatic amines is 1. The number of nitrogens with one attached hydrogen (secondary N) is 1. The number of carbonyl (C=O) groups excluding carboxylic acids is 1. The number of rotatable bonds is 6. The smallest absolute Gasteiger partial charge is 0.251 e. The number of nitrogens with two attached hydrogens (primary N) is 1. The van der Waals surface area contributed by atoms with Gasteiger partial charge in [0.25, 0.3) is 5.56 Å². The van der Waals surface area contributed by atoms with E-state index in [1.54, 1.807) is 7.11 Å². The minimum Gasteiger partial charge on any atom is -0.496 e.